The number of hydrogen-bond acceptors (Lipinski definition) is 6. The lowest BCUT2D eigenvalue weighted by Crippen LogP contribution is -2.34. The summed E-state index contributed by atoms with van der Waals surface area (Å²) in [6.45, 7) is 3.15. The van der Waals surface area contributed by atoms with Gasteiger partial charge in [-0.2, -0.15) is 0 Å². The van der Waals surface area contributed by atoms with Crippen LogP contribution in [-0.2, 0) is 19.0 Å². The second-order valence-electron chi connectivity index (χ2n) is 3.53. The summed E-state index contributed by atoms with van der Waals surface area (Å²) in [5.74, 6) is -0.868. The summed E-state index contributed by atoms with van der Waals surface area (Å²) in [5.41, 5.74) is 0. The van der Waals surface area contributed by atoms with E-state index in [0.717, 1.165) is 6.08 Å². The molecule has 0 aliphatic carbocycles. The predicted molar refractivity (Wildman–Crippen MR) is 46.7 cm³/mol. The van der Waals surface area contributed by atoms with Crippen molar-refractivity contribution in [1.82, 2.24) is 0 Å². The lowest BCUT2D eigenvalue weighted by molar-refractivity contribution is -0.217. The van der Waals surface area contributed by atoms with E-state index in [2.05, 4.69) is 16.1 Å². The van der Waals surface area contributed by atoms with Gasteiger partial charge in [0.2, 0.25) is 6.36 Å². The lowest BCUT2D eigenvalue weighted by atomic mass is 10.1. The number of carbonyl (C=O) groups excluding carboxylic acids is 1. The quantitative estimate of drug-likeness (QED) is 0.474. The monoisotopic (exact) mass is 234 g/mol. The number of alkyl halides is 1. The topological polar surface area (TPSA) is 85.2 Å². The highest BCUT2D eigenvalue weighted by atomic mass is 19.1. The van der Waals surface area contributed by atoms with E-state index in [4.69, 9.17) is 4.74 Å². The summed E-state index contributed by atoms with van der Waals surface area (Å²) < 4.78 is 27.1. The van der Waals surface area contributed by atoms with Crippen molar-refractivity contribution in [2.45, 2.75) is 37.1 Å². The van der Waals surface area contributed by atoms with E-state index in [1.54, 1.807) is 0 Å². The fourth-order valence-corrected chi connectivity index (χ4v) is 1.69. The van der Waals surface area contributed by atoms with Crippen LogP contribution in [0.1, 0.15) is 0 Å². The molecule has 2 fully saturated rings. The second-order valence-corrected chi connectivity index (χ2v) is 3.53. The zero-order valence-corrected chi connectivity index (χ0v) is 8.15. The molecule has 6 atom stereocenters. The maximum Gasteiger partial charge on any atom is 0.338 e. The van der Waals surface area contributed by atoms with Crippen LogP contribution < -0.4 is 0 Å². The Hall–Kier alpha value is -1.02. The Labute approximate surface area is 90.2 Å². The average molecular weight is 234 g/mol. The van der Waals surface area contributed by atoms with Crippen molar-refractivity contribution < 1.29 is 33.6 Å². The number of hydrogen-bond donors (Lipinski definition) is 2. The van der Waals surface area contributed by atoms with Gasteiger partial charge in [0.25, 0.3) is 0 Å². The van der Waals surface area contributed by atoms with Crippen molar-refractivity contribution in [1.29, 1.82) is 0 Å². The van der Waals surface area contributed by atoms with Gasteiger partial charge >= 0.3 is 5.97 Å². The Kier molecular flexibility index (Phi) is 2.94. The summed E-state index contributed by atoms with van der Waals surface area (Å²) in [4.78, 5) is 10.9. The molecule has 16 heavy (non-hydrogen) atoms. The summed E-state index contributed by atoms with van der Waals surface area (Å²) in [5, 5.41) is 18.9. The van der Waals surface area contributed by atoms with E-state index in [1.165, 1.54) is 0 Å². The molecular weight excluding hydrogens is 223 g/mol. The van der Waals surface area contributed by atoms with Gasteiger partial charge in [0.05, 0.1) is 0 Å². The van der Waals surface area contributed by atoms with Crippen LogP contribution in [-0.4, -0.2) is 53.2 Å². The molecule has 2 N–H and O–H groups in total. The smallest absolute Gasteiger partial charge is 0.338 e. The largest absolute Gasteiger partial charge is 0.454 e. The first-order valence-electron chi connectivity index (χ1n) is 4.68. The molecule has 0 aromatic carbocycles. The Bertz CT molecular complexity index is 308. The van der Waals surface area contributed by atoms with E-state index in [9.17, 15) is 19.4 Å². The molecule has 0 amide bonds. The van der Waals surface area contributed by atoms with Gasteiger partial charge in [0.1, 0.15) is 12.2 Å². The molecule has 2 heterocycles. The van der Waals surface area contributed by atoms with E-state index < -0.39 is 43.0 Å². The molecule has 0 saturated carbocycles. The van der Waals surface area contributed by atoms with Gasteiger partial charge in [-0.05, 0) is 6.08 Å². The third-order valence-corrected chi connectivity index (χ3v) is 2.48. The molecular formula is C9H11FO6. The predicted octanol–water partition coefficient (Wildman–Crippen LogP) is -1.14. The minimum Gasteiger partial charge on any atom is -0.454 e. The van der Waals surface area contributed by atoms with Crippen LogP contribution in [0.25, 0.3) is 0 Å². The third kappa shape index (κ3) is 1.71. The first-order chi connectivity index (χ1) is 7.54. The zero-order valence-electron chi connectivity index (χ0n) is 8.15. The van der Waals surface area contributed by atoms with Crippen molar-refractivity contribution in [3.8, 4) is 0 Å². The zero-order chi connectivity index (χ0) is 11.9. The van der Waals surface area contributed by atoms with Crippen LogP contribution in [0, 0.1) is 0 Å². The first-order valence-corrected chi connectivity index (χ1v) is 4.68. The molecule has 0 aromatic rings. The van der Waals surface area contributed by atoms with Gasteiger partial charge in [-0.1, -0.05) is 6.58 Å². The van der Waals surface area contributed by atoms with Gasteiger partial charge in [-0.25, -0.2) is 9.18 Å². The second kappa shape index (κ2) is 4.10. The van der Waals surface area contributed by atoms with E-state index in [-0.39, 0.29) is 0 Å². The number of aliphatic hydroxyl groups is 2. The molecule has 2 unspecified atom stereocenters. The van der Waals surface area contributed by atoms with Gasteiger partial charge in [0.15, 0.2) is 18.5 Å². The highest BCUT2D eigenvalue weighted by Crippen LogP contribution is 2.33. The van der Waals surface area contributed by atoms with Crippen LogP contribution in [0.3, 0.4) is 0 Å². The van der Waals surface area contributed by atoms with Crippen LogP contribution >= 0.6 is 0 Å². The van der Waals surface area contributed by atoms with Crippen LogP contribution in [0.15, 0.2) is 12.7 Å². The number of aliphatic hydroxyl groups excluding tert-OH is 2. The van der Waals surface area contributed by atoms with Crippen LogP contribution in [0.5, 0.6) is 0 Å². The maximum absolute atomic E-state index is 12.8. The molecule has 0 radical (unpaired) electrons. The summed E-state index contributed by atoms with van der Waals surface area (Å²) >= 11 is 0. The number of fused-ring (bicyclic) bond motifs is 1. The number of halogens is 1. The van der Waals surface area contributed by atoms with Crippen molar-refractivity contribution in [3.63, 3.8) is 0 Å². The van der Waals surface area contributed by atoms with Crippen LogP contribution in [0.4, 0.5) is 4.39 Å². The molecule has 6 nitrogen and oxygen atoms in total. The normalized spacial score (nSPS) is 43.9. The molecule has 2 aliphatic heterocycles. The van der Waals surface area contributed by atoms with E-state index in [1.807, 2.05) is 0 Å². The molecule has 7 heteroatoms. The van der Waals surface area contributed by atoms with Crippen molar-refractivity contribution >= 4 is 5.97 Å². The molecule has 0 bridgehead atoms. The van der Waals surface area contributed by atoms with Crippen molar-refractivity contribution in [2.75, 3.05) is 0 Å². The molecule has 0 spiro atoms. The number of carbonyl (C=O) groups is 1. The molecule has 2 rings (SSSR count). The standard InChI is InChI=1S/C9H11FO6/c1-2-3(10)14-9-5(12)7-6(16-9)4(11)8(13)15-7/h2-7,9,11-12H,1H2/t3?,4-,5+,6-,7-,9?/m0/s1. The molecule has 2 aliphatic rings. The van der Waals surface area contributed by atoms with Gasteiger partial charge < -0.3 is 24.4 Å². The molecule has 90 valence electrons. The molecule has 2 saturated heterocycles. The summed E-state index contributed by atoms with van der Waals surface area (Å²) in [6.07, 6.45) is -7.06. The Morgan fingerprint density at radius 3 is 2.75 bits per heavy atom. The van der Waals surface area contributed by atoms with Crippen molar-refractivity contribution in [3.05, 3.63) is 12.7 Å². The highest BCUT2D eigenvalue weighted by Gasteiger charge is 2.57. The summed E-state index contributed by atoms with van der Waals surface area (Å²) in [7, 11) is 0. The van der Waals surface area contributed by atoms with Gasteiger partial charge in [-0.3, -0.25) is 0 Å². The highest BCUT2D eigenvalue weighted by molar-refractivity contribution is 5.78. The Balaban J connectivity index is 2.02. The summed E-state index contributed by atoms with van der Waals surface area (Å²) in [6, 6.07) is 0. The minimum absolute atomic E-state index is 0.868. The number of rotatable bonds is 3. The number of esters is 1. The van der Waals surface area contributed by atoms with Crippen molar-refractivity contribution in [2.24, 2.45) is 0 Å². The van der Waals surface area contributed by atoms with Gasteiger partial charge in [-0.15, -0.1) is 0 Å². The first kappa shape index (κ1) is 11.5. The SMILES string of the molecule is C=CC(F)OC1O[C@@H]2[C@@H](OC(=O)[C@H]2O)[C@H]1O. The maximum atomic E-state index is 12.8. The lowest BCUT2D eigenvalue weighted by Gasteiger charge is -2.18. The van der Waals surface area contributed by atoms with E-state index in [0.29, 0.717) is 0 Å². The number of ether oxygens (including phenoxy) is 3. The Morgan fingerprint density at radius 1 is 1.50 bits per heavy atom. The molecule has 0 aromatic heterocycles. The van der Waals surface area contributed by atoms with Crippen LogP contribution in [0.2, 0.25) is 0 Å². The fourth-order valence-electron chi connectivity index (χ4n) is 1.69. The minimum atomic E-state index is -1.80. The Morgan fingerprint density at radius 2 is 2.19 bits per heavy atom. The average Bonchev–Trinajstić information content (AvgIpc) is 2.70. The third-order valence-electron chi connectivity index (χ3n) is 2.48. The van der Waals surface area contributed by atoms with Gasteiger partial charge in [0, 0.05) is 0 Å². The van der Waals surface area contributed by atoms with E-state index >= 15 is 0 Å². The fraction of sp³-hybridized carbons (Fsp3) is 0.667.